The molecule has 0 spiro atoms. The van der Waals surface area contributed by atoms with Gasteiger partial charge in [-0.2, -0.15) is 0 Å². The standard InChI is InChI=1S/3C3H6O2.C2H4O2.Al/c3*1-2-3(4)5;1-2(3)4;/h3*2H2,1H3,(H,4,5);1H3,(H,3,4);/q;;;;+3/p-3. The predicted octanol–water partition coefficient (Wildman–Crippen LogP) is -2.85. The Morgan fingerprint density at radius 1 is 0.800 bits per heavy atom. The summed E-state index contributed by atoms with van der Waals surface area (Å²) in [6, 6.07) is 0. The van der Waals surface area contributed by atoms with Gasteiger partial charge in [-0.15, -0.1) is 0 Å². The number of rotatable bonds is 3. The molecule has 8 nitrogen and oxygen atoms in total. The van der Waals surface area contributed by atoms with Crippen LogP contribution in [-0.4, -0.2) is 46.3 Å². The molecule has 0 saturated carbocycles. The average molecular weight is 306 g/mol. The fraction of sp³-hybridized carbons (Fsp3) is 0.636. The Bertz CT molecular complexity index is 228. The van der Waals surface area contributed by atoms with E-state index in [4.69, 9.17) is 15.0 Å². The van der Waals surface area contributed by atoms with Crippen LogP contribution in [0.15, 0.2) is 0 Å². The second-order valence-corrected chi connectivity index (χ2v) is 2.69. The van der Waals surface area contributed by atoms with E-state index in [1.807, 2.05) is 0 Å². The van der Waals surface area contributed by atoms with Crippen molar-refractivity contribution in [3.63, 3.8) is 0 Å². The minimum absolute atomic E-state index is 0. The molecule has 0 aliphatic carbocycles. The van der Waals surface area contributed by atoms with Crippen molar-refractivity contribution >= 4 is 41.2 Å². The summed E-state index contributed by atoms with van der Waals surface area (Å²) in [6.45, 7) is 5.65. The van der Waals surface area contributed by atoms with Crippen LogP contribution < -0.4 is 15.3 Å². The molecule has 0 unspecified atom stereocenters. The van der Waals surface area contributed by atoms with E-state index >= 15 is 0 Å². The van der Waals surface area contributed by atoms with Crippen molar-refractivity contribution in [2.45, 2.75) is 47.0 Å². The first-order valence-corrected chi connectivity index (χ1v) is 5.33. The van der Waals surface area contributed by atoms with Crippen LogP contribution in [0, 0.1) is 0 Å². The fourth-order valence-corrected chi connectivity index (χ4v) is 0. The number of carbonyl (C=O) groups is 4. The first-order valence-electron chi connectivity index (χ1n) is 5.33. The largest absolute Gasteiger partial charge is 3.00 e. The van der Waals surface area contributed by atoms with E-state index in [0.29, 0.717) is 0 Å². The molecule has 0 rings (SSSR count). The third-order valence-corrected chi connectivity index (χ3v) is 0.880. The maximum absolute atomic E-state index is 9.37. The summed E-state index contributed by atoms with van der Waals surface area (Å²) in [4.78, 5) is 36.8. The van der Waals surface area contributed by atoms with Gasteiger partial charge in [0.25, 0.3) is 0 Å². The molecule has 0 aromatic carbocycles. The summed E-state index contributed by atoms with van der Waals surface area (Å²) >= 11 is 0. The van der Waals surface area contributed by atoms with Gasteiger partial charge in [-0.3, -0.25) is 4.79 Å². The molecule has 0 aliphatic heterocycles. The average Bonchev–Trinajstić information content (AvgIpc) is 2.29. The molecule has 0 aromatic rings. The Balaban J connectivity index is -0.0000000494. The summed E-state index contributed by atoms with van der Waals surface area (Å²) < 4.78 is 0. The fourth-order valence-electron chi connectivity index (χ4n) is 0. The number of aliphatic carboxylic acids is 4. The minimum atomic E-state index is -1.08. The van der Waals surface area contributed by atoms with Crippen molar-refractivity contribution in [3.05, 3.63) is 0 Å². The summed E-state index contributed by atoms with van der Waals surface area (Å²) in [5.74, 6) is -3.82. The zero-order chi connectivity index (χ0) is 16.4. The van der Waals surface area contributed by atoms with E-state index in [1.54, 1.807) is 6.92 Å². The summed E-state index contributed by atoms with van der Waals surface area (Å²) in [5, 5.41) is 35.1. The molecule has 0 saturated heterocycles. The molecule has 9 heteroatoms. The quantitative estimate of drug-likeness (QED) is 0.545. The third kappa shape index (κ3) is 200. The zero-order valence-electron chi connectivity index (χ0n) is 12.0. The van der Waals surface area contributed by atoms with E-state index in [2.05, 4.69) is 0 Å². The van der Waals surface area contributed by atoms with Crippen molar-refractivity contribution in [2.75, 3.05) is 0 Å². The van der Waals surface area contributed by atoms with Gasteiger partial charge in [0.2, 0.25) is 0 Å². The number of carbonyl (C=O) groups excluding carboxylic acids is 3. The summed E-state index contributed by atoms with van der Waals surface area (Å²) in [7, 11) is 0. The van der Waals surface area contributed by atoms with E-state index in [1.165, 1.54) is 13.8 Å². The number of hydrogen-bond acceptors (Lipinski definition) is 7. The molecule has 0 amide bonds. The second kappa shape index (κ2) is 26.1. The van der Waals surface area contributed by atoms with Crippen LogP contribution >= 0.6 is 0 Å². The van der Waals surface area contributed by atoms with Gasteiger partial charge >= 0.3 is 23.3 Å². The van der Waals surface area contributed by atoms with E-state index in [9.17, 15) is 24.6 Å². The van der Waals surface area contributed by atoms with Crippen molar-refractivity contribution in [3.8, 4) is 0 Å². The van der Waals surface area contributed by atoms with E-state index < -0.39 is 23.9 Å². The van der Waals surface area contributed by atoms with Crippen LogP contribution in [0.4, 0.5) is 0 Å². The van der Waals surface area contributed by atoms with Gasteiger partial charge in [0.1, 0.15) is 0 Å². The van der Waals surface area contributed by atoms with Crippen molar-refractivity contribution in [1.82, 2.24) is 0 Å². The Kier molecular flexibility index (Phi) is 40.5. The molecule has 0 atom stereocenters. The number of carboxylic acid groups (broad SMARTS) is 4. The van der Waals surface area contributed by atoms with E-state index in [-0.39, 0.29) is 36.6 Å². The maximum Gasteiger partial charge on any atom is 3.00 e. The minimum Gasteiger partial charge on any atom is -0.550 e. The topological polar surface area (TPSA) is 158 Å². The maximum atomic E-state index is 9.37. The van der Waals surface area contributed by atoms with E-state index in [0.717, 1.165) is 6.92 Å². The molecule has 0 radical (unpaired) electrons. The second-order valence-electron chi connectivity index (χ2n) is 2.69. The molecule has 0 heterocycles. The van der Waals surface area contributed by atoms with Gasteiger partial charge < -0.3 is 34.8 Å². The SMILES string of the molecule is CC(=O)[O-].CCC(=O)O.CCC(=O)[O-].CCC(=O)[O-].[Al+3]. The van der Waals surface area contributed by atoms with Gasteiger partial charge in [0.05, 0.1) is 0 Å². The Hall–Kier alpha value is -1.59. The normalized spacial score (nSPS) is 6.80. The molecular formula is C11H19AlO8. The van der Waals surface area contributed by atoms with Gasteiger partial charge in [0.15, 0.2) is 0 Å². The van der Waals surface area contributed by atoms with Crippen molar-refractivity contribution in [1.29, 1.82) is 0 Å². The van der Waals surface area contributed by atoms with Crippen LogP contribution in [0.3, 0.4) is 0 Å². The Morgan fingerprint density at radius 3 is 0.900 bits per heavy atom. The molecule has 114 valence electrons. The molecule has 0 aromatic heterocycles. The Morgan fingerprint density at radius 2 is 0.900 bits per heavy atom. The first-order chi connectivity index (χ1) is 8.54. The van der Waals surface area contributed by atoms with Crippen LogP contribution in [0.1, 0.15) is 47.0 Å². The van der Waals surface area contributed by atoms with Crippen molar-refractivity contribution in [2.24, 2.45) is 0 Å². The number of hydrogen-bond donors (Lipinski definition) is 1. The van der Waals surface area contributed by atoms with Gasteiger partial charge in [-0.25, -0.2) is 0 Å². The molecule has 0 bridgehead atoms. The van der Waals surface area contributed by atoms with Gasteiger partial charge in [-0.05, 0) is 19.8 Å². The third-order valence-electron chi connectivity index (χ3n) is 0.880. The van der Waals surface area contributed by atoms with Crippen LogP contribution in [0.25, 0.3) is 0 Å². The zero-order valence-corrected chi connectivity index (χ0v) is 13.2. The predicted molar refractivity (Wildman–Crippen MR) is 65.0 cm³/mol. The van der Waals surface area contributed by atoms with Crippen LogP contribution in [-0.2, 0) is 19.2 Å². The van der Waals surface area contributed by atoms with Gasteiger partial charge in [0, 0.05) is 24.3 Å². The van der Waals surface area contributed by atoms with Crippen molar-refractivity contribution < 1.29 is 39.6 Å². The molecular weight excluding hydrogens is 287 g/mol. The molecule has 1 N–H and O–H groups in total. The first kappa shape index (κ1) is 31.0. The smallest absolute Gasteiger partial charge is 0.550 e. The summed E-state index contributed by atoms with van der Waals surface area (Å²) in [5.41, 5.74) is 0. The Labute approximate surface area is 128 Å². The molecule has 20 heavy (non-hydrogen) atoms. The number of carboxylic acids is 4. The molecule has 0 fully saturated rings. The van der Waals surface area contributed by atoms with Crippen LogP contribution in [0.5, 0.6) is 0 Å². The summed E-state index contributed by atoms with van der Waals surface area (Å²) in [6.07, 6.45) is 0.444. The van der Waals surface area contributed by atoms with Gasteiger partial charge in [-0.1, -0.05) is 20.8 Å². The molecule has 0 aliphatic rings. The monoisotopic (exact) mass is 306 g/mol. The van der Waals surface area contributed by atoms with Crippen LogP contribution in [0.2, 0.25) is 0 Å².